The first-order valence-electron chi connectivity index (χ1n) is 10.2. The SMILES string of the molecule is C.C.O=C(O)c1ccc2cc(-c3ccc(O)c(C4CCCCCCC4)c3)ccc2c1. The molecule has 0 amide bonds. The zero-order chi connectivity index (χ0) is 19.5. The monoisotopic (exact) mass is 406 g/mol. The second-order valence-electron chi connectivity index (χ2n) is 7.90. The van der Waals surface area contributed by atoms with E-state index in [1.54, 1.807) is 12.1 Å². The molecule has 0 radical (unpaired) electrons. The molecule has 3 aromatic carbocycles. The number of fused-ring (bicyclic) bond motifs is 1. The highest BCUT2D eigenvalue weighted by Crippen LogP contribution is 2.38. The van der Waals surface area contributed by atoms with Crippen molar-refractivity contribution in [3.05, 3.63) is 65.7 Å². The van der Waals surface area contributed by atoms with Gasteiger partial charge >= 0.3 is 5.97 Å². The van der Waals surface area contributed by atoms with Crippen LogP contribution in [0.5, 0.6) is 5.75 Å². The molecule has 0 spiro atoms. The van der Waals surface area contributed by atoms with Crippen molar-refractivity contribution in [3.8, 4) is 16.9 Å². The largest absolute Gasteiger partial charge is 0.508 e. The first-order valence-corrected chi connectivity index (χ1v) is 10.2. The van der Waals surface area contributed by atoms with Crippen molar-refractivity contribution in [1.29, 1.82) is 0 Å². The third-order valence-corrected chi connectivity index (χ3v) is 5.99. The maximum Gasteiger partial charge on any atom is 0.335 e. The van der Waals surface area contributed by atoms with Crippen LogP contribution in [0.2, 0.25) is 0 Å². The quantitative estimate of drug-likeness (QED) is 0.463. The summed E-state index contributed by atoms with van der Waals surface area (Å²) in [5, 5.41) is 21.6. The van der Waals surface area contributed by atoms with Gasteiger partial charge < -0.3 is 10.2 Å². The maximum atomic E-state index is 11.2. The molecule has 1 fully saturated rings. The molecular weight excluding hydrogens is 372 g/mol. The molecular formula is C27H34O3. The minimum absolute atomic E-state index is 0. The normalized spacial score (nSPS) is 14.8. The van der Waals surface area contributed by atoms with Crippen LogP contribution in [0.25, 0.3) is 21.9 Å². The number of aromatic hydroxyl groups is 1. The van der Waals surface area contributed by atoms with Crippen molar-refractivity contribution in [2.45, 2.75) is 65.7 Å². The maximum absolute atomic E-state index is 11.2. The van der Waals surface area contributed by atoms with Crippen LogP contribution in [0.3, 0.4) is 0 Å². The molecule has 3 aromatic rings. The van der Waals surface area contributed by atoms with E-state index in [1.165, 1.54) is 32.1 Å². The van der Waals surface area contributed by atoms with Gasteiger partial charge in [-0.05, 0) is 76.6 Å². The number of phenolic OH excluding ortho intramolecular Hbond substituents is 1. The number of hydrogen-bond donors (Lipinski definition) is 2. The van der Waals surface area contributed by atoms with E-state index in [2.05, 4.69) is 12.1 Å². The summed E-state index contributed by atoms with van der Waals surface area (Å²) in [6.07, 6.45) is 8.67. The average molecular weight is 407 g/mol. The third-order valence-electron chi connectivity index (χ3n) is 5.99. The molecule has 160 valence electrons. The van der Waals surface area contributed by atoms with Crippen LogP contribution in [0.4, 0.5) is 0 Å². The number of rotatable bonds is 3. The Hall–Kier alpha value is -2.81. The number of hydrogen-bond acceptors (Lipinski definition) is 2. The summed E-state index contributed by atoms with van der Waals surface area (Å²) in [4.78, 5) is 11.2. The standard InChI is InChI=1S/C25H26O3.2CH4/c26-24-13-12-21(16-23(24)17-6-4-2-1-3-5-7-17)19-8-9-20-15-22(25(27)28)11-10-18(20)14-19;;/h8-17,26H,1-7H2,(H,27,28);2*1H4. The summed E-state index contributed by atoms with van der Waals surface area (Å²) in [6, 6.07) is 17.2. The van der Waals surface area contributed by atoms with Crippen LogP contribution in [-0.4, -0.2) is 16.2 Å². The van der Waals surface area contributed by atoms with Gasteiger partial charge in [-0.25, -0.2) is 4.79 Å². The molecule has 0 aliphatic heterocycles. The molecule has 1 saturated carbocycles. The summed E-state index contributed by atoms with van der Waals surface area (Å²) < 4.78 is 0. The first kappa shape index (κ1) is 23.5. The number of carboxylic acids is 1. The molecule has 0 heterocycles. The molecule has 0 bridgehead atoms. The van der Waals surface area contributed by atoms with Crippen molar-refractivity contribution in [2.75, 3.05) is 0 Å². The van der Waals surface area contributed by atoms with Crippen molar-refractivity contribution in [2.24, 2.45) is 0 Å². The van der Waals surface area contributed by atoms with Crippen LogP contribution in [0.1, 0.15) is 81.6 Å². The molecule has 2 N–H and O–H groups in total. The molecule has 0 unspecified atom stereocenters. The lowest BCUT2D eigenvalue weighted by Gasteiger charge is -2.21. The van der Waals surface area contributed by atoms with Gasteiger partial charge in [-0.1, -0.05) is 71.2 Å². The number of aromatic carboxylic acids is 1. The lowest BCUT2D eigenvalue weighted by molar-refractivity contribution is 0.0697. The summed E-state index contributed by atoms with van der Waals surface area (Å²) in [6.45, 7) is 0. The zero-order valence-electron chi connectivity index (χ0n) is 16.0. The Bertz CT molecular complexity index is 998. The van der Waals surface area contributed by atoms with Crippen molar-refractivity contribution < 1.29 is 15.0 Å². The Labute approximate surface area is 180 Å². The van der Waals surface area contributed by atoms with Gasteiger partial charge in [-0.2, -0.15) is 0 Å². The van der Waals surface area contributed by atoms with Gasteiger partial charge in [0.25, 0.3) is 0 Å². The Morgan fingerprint density at radius 2 is 1.30 bits per heavy atom. The van der Waals surface area contributed by atoms with E-state index >= 15 is 0 Å². The smallest absolute Gasteiger partial charge is 0.335 e. The summed E-state index contributed by atoms with van der Waals surface area (Å²) >= 11 is 0. The topological polar surface area (TPSA) is 57.5 Å². The van der Waals surface area contributed by atoms with Crippen LogP contribution < -0.4 is 0 Å². The minimum Gasteiger partial charge on any atom is -0.508 e. The Balaban J connectivity index is 0.00000160. The number of benzene rings is 3. The Kier molecular flexibility index (Phi) is 8.05. The number of carbonyl (C=O) groups is 1. The van der Waals surface area contributed by atoms with E-state index in [1.807, 2.05) is 30.3 Å². The van der Waals surface area contributed by atoms with Crippen molar-refractivity contribution in [3.63, 3.8) is 0 Å². The second-order valence-corrected chi connectivity index (χ2v) is 7.90. The zero-order valence-corrected chi connectivity index (χ0v) is 16.0. The van der Waals surface area contributed by atoms with E-state index in [0.717, 1.165) is 40.3 Å². The number of phenols is 1. The Morgan fingerprint density at radius 3 is 2.00 bits per heavy atom. The highest BCUT2D eigenvalue weighted by Gasteiger charge is 2.18. The van der Waals surface area contributed by atoms with Crippen molar-refractivity contribution >= 4 is 16.7 Å². The molecule has 30 heavy (non-hydrogen) atoms. The summed E-state index contributed by atoms with van der Waals surface area (Å²) in [7, 11) is 0. The Morgan fingerprint density at radius 1 is 0.733 bits per heavy atom. The van der Waals surface area contributed by atoms with Gasteiger partial charge in [0.1, 0.15) is 5.75 Å². The number of carboxylic acid groups (broad SMARTS) is 1. The van der Waals surface area contributed by atoms with E-state index in [-0.39, 0.29) is 14.9 Å². The first-order chi connectivity index (χ1) is 13.6. The molecule has 0 atom stereocenters. The lowest BCUT2D eigenvalue weighted by atomic mass is 9.84. The highest BCUT2D eigenvalue weighted by atomic mass is 16.4. The van der Waals surface area contributed by atoms with E-state index in [4.69, 9.17) is 0 Å². The predicted octanol–water partition coefficient (Wildman–Crippen LogP) is 8.01. The van der Waals surface area contributed by atoms with Gasteiger partial charge in [0, 0.05) is 0 Å². The molecule has 0 saturated heterocycles. The molecule has 1 aliphatic carbocycles. The molecule has 0 aromatic heterocycles. The minimum atomic E-state index is -0.909. The van der Waals surface area contributed by atoms with Crippen LogP contribution in [0, 0.1) is 0 Å². The molecule has 3 nitrogen and oxygen atoms in total. The highest BCUT2D eigenvalue weighted by molar-refractivity contribution is 5.95. The second kappa shape index (κ2) is 10.3. The molecule has 4 rings (SSSR count). The van der Waals surface area contributed by atoms with Gasteiger partial charge in [-0.15, -0.1) is 0 Å². The van der Waals surface area contributed by atoms with E-state index in [0.29, 0.717) is 17.2 Å². The van der Waals surface area contributed by atoms with E-state index in [9.17, 15) is 15.0 Å². The summed E-state index contributed by atoms with van der Waals surface area (Å²) in [5.74, 6) is -0.0756. The van der Waals surface area contributed by atoms with Crippen LogP contribution in [0.15, 0.2) is 54.6 Å². The lowest BCUT2D eigenvalue weighted by Crippen LogP contribution is -2.03. The fourth-order valence-corrected chi connectivity index (χ4v) is 4.39. The van der Waals surface area contributed by atoms with Crippen LogP contribution in [-0.2, 0) is 0 Å². The van der Waals surface area contributed by atoms with E-state index < -0.39 is 5.97 Å². The molecule has 1 aliphatic rings. The third kappa shape index (κ3) is 5.02. The fraction of sp³-hybridized carbons (Fsp3) is 0.370. The average Bonchev–Trinajstić information content (AvgIpc) is 2.68. The molecule has 3 heteroatoms. The summed E-state index contributed by atoms with van der Waals surface area (Å²) in [5.41, 5.74) is 3.55. The van der Waals surface area contributed by atoms with Crippen LogP contribution >= 0.6 is 0 Å². The van der Waals surface area contributed by atoms with Gasteiger partial charge in [0.05, 0.1) is 5.56 Å². The fourth-order valence-electron chi connectivity index (χ4n) is 4.39. The van der Waals surface area contributed by atoms with Crippen molar-refractivity contribution in [1.82, 2.24) is 0 Å². The van der Waals surface area contributed by atoms with Gasteiger partial charge in [-0.3, -0.25) is 0 Å². The predicted molar refractivity (Wildman–Crippen MR) is 127 cm³/mol. The van der Waals surface area contributed by atoms with Gasteiger partial charge in [0.2, 0.25) is 0 Å². The van der Waals surface area contributed by atoms with Gasteiger partial charge in [0.15, 0.2) is 0 Å².